The lowest BCUT2D eigenvalue weighted by Gasteiger charge is -2.32. The Morgan fingerprint density at radius 1 is 1.31 bits per heavy atom. The minimum absolute atomic E-state index is 0.0349. The Labute approximate surface area is 153 Å². The summed E-state index contributed by atoms with van der Waals surface area (Å²) in [6.07, 6.45) is 5.01. The second-order valence-corrected chi connectivity index (χ2v) is 6.92. The maximum absolute atomic E-state index is 12.7. The van der Waals surface area contributed by atoms with Crippen molar-refractivity contribution >= 4 is 17.5 Å². The molecule has 0 bridgehead atoms. The average Bonchev–Trinajstić information content (AvgIpc) is 3.08. The molecule has 2 heterocycles. The van der Waals surface area contributed by atoms with Gasteiger partial charge in [-0.15, -0.1) is 0 Å². The molecule has 2 amide bonds. The largest absolute Gasteiger partial charge is 0.399 e. The van der Waals surface area contributed by atoms with Gasteiger partial charge in [-0.1, -0.05) is 6.07 Å². The van der Waals surface area contributed by atoms with Crippen LogP contribution in [-0.2, 0) is 7.05 Å². The van der Waals surface area contributed by atoms with Crippen LogP contribution in [0.3, 0.4) is 0 Å². The van der Waals surface area contributed by atoms with Gasteiger partial charge in [-0.05, 0) is 43.4 Å². The van der Waals surface area contributed by atoms with Crippen molar-refractivity contribution in [2.75, 3.05) is 25.4 Å². The number of benzene rings is 1. The van der Waals surface area contributed by atoms with Crippen molar-refractivity contribution in [2.45, 2.75) is 19.8 Å². The van der Waals surface area contributed by atoms with Gasteiger partial charge in [0.1, 0.15) is 0 Å². The molecule has 0 aliphatic carbocycles. The van der Waals surface area contributed by atoms with Gasteiger partial charge >= 0.3 is 0 Å². The third-order valence-electron chi connectivity index (χ3n) is 4.91. The maximum atomic E-state index is 12.7. The number of piperidine rings is 1. The van der Waals surface area contributed by atoms with E-state index in [2.05, 4.69) is 10.4 Å². The second-order valence-electron chi connectivity index (χ2n) is 6.92. The fraction of sp³-hybridized carbons (Fsp3) is 0.421. The standard InChI is InChI=1S/C19H25N5O2/c1-13-3-4-16(20)9-17(13)19(26)24-7-5-14(6-8-24)10-21-18(25)15-11-22-23(2)12-15/h3-4,9,11-12,14H,5-8,10,20H2,1-2H3,(H,21,25). The molecule has 0 saturated carbocycles. The highest BCUT2D eigenvalue weighted by Crippen LogP contribution is 2.21. The van der Waals surface area contributed by atoms with E-state index in [9.17, 15) is 9.59 Å². The average molecular weight is 355 g/mol. The number of amides is 2. The minimum Gasteiger partial charge on any atom is -0.399 e. The summed E-state index contributed by atoms with van der Waals surface area (Å²) in [6, 6.07) is 5.43. The third-order valence-corrected chi connectivity index (χ3v) is 4.91. The van der Waals surface area contributed by atoms with Crippen molar-refractivity contribution in [1.29, 1.82) is 0 Å². The summed E-state index contributed by atoms with van der Waals surface area (Å²) >= 11 is 0. The fourth-order valence-electron chi connectivity index (χ4n) is 3.26. The van der Waals surface area contributed by atoms with Gasteiger partial charge < -0.3 is 16.0 Å². The molecule has 3 rings (SSSR count). The van der Waals surface area contributed by atoms with Crippen molar-refractivity contribution in [3.8, 4) is 0 Å². The van der Waals surface area contributed by atoms with E-state index in [-0.39, 0.29) is 11.8 Å². The molecule has 7 nitrogen and oxygen atoms in total. The van der Waals surface area contributed by atoms with Crippen molar-refractivity contribution in [2.24, 2.45) is 13.0 Å². The zero-order valence-electron chi connectivity index (χ0n) is 15.2. The Hall–Kier alpha value is -2.83. The van der Waals surface area contributed by atoms with Gasteiger partial charge in [-0.25, -0.2) is 0 Å². The Bertz CT molecular complexity index is 806. The van der Waals surface area contributed by atoms with Crippen molar-refractivity contribution in [3.63, 3.8) is 0 Å². The summed E-state index contributed by atoms with van der Waals surface area (Å²) in [4.78, 5) is 26.7. The predicted octanol–water partition coefficient (Wildman–Crippen LogP) is 1.59. The Kier molecular flexibility index (Phi) is 5.25. The van der Waals surface area contributed by atoms with E-state index in [1.54, 1.807) is 30.2 Å². The highest BCUT2D eigenvalue weighted by Gasteiger charge is 2.25. The number of aromatic nitrogens is 2. The summed E-state index contributed by atoms with van der Waals surface area (Å²) < 4.78 is 1.61. The normalized spacial score (nSPS) is 15.1. The molecule has 1 aromatic carbocycles. The molecule has 0 radical (unpaired) electrons. The number of carbonyl (C=O) groups excluding carboxylic acids is 2. The molecule has 0 unspecified atom stereocenters. The second kappa shape index (κ2) is 7.59. The molecule has 26 heavy (non-hydrogen) atoms. The van der Waals surface area contributed by atoms with Crippen molar-refractivity contribution in [1.82, 2.24) is 20.0 Å². The molecule has 1 fully saturated rings. The van der Waals surface area contributed by atoms with Crippen LogP contribution in [0.4, 0.5) is 5.69 Å². The number of hydrogen-bond acceptors (Lipinski definition) is 4. The number of carbonyl (C=O) groups is 2. The zero-order valence-corrected chi connectivity index (χ0v) is 15.2. The molecule has 138 valence electrons. The molecule has 3 N–H and O–H groups in total. The zero-order chi connectivity index (χ0) is 18.7. The highest BCUT2D eigenvalue weighted by atomic mass is 16.2. The first-order valence-electron chi connectivity index (χ1n) is 8.86. The first-order valence-corrected chi connectivity index (χ1v) is 8.86. The van der Waals surface area contributed by atoms with E-state index in [1.165, 1.54) is 0 Å². The van der Waals surface area contributed by atoms with Crippen LogP contribution >= 0.6 is 0 Å². The van der Waals surface area contributed by atoms with Gasteiger partial charge in [-0.3, -0.25) is 14.3 Å². The fourth-order valence-corrected chi connectivity index (χ4v) is 3.26. The first kappa shape index (κ1) is 18.0. The first-order chi connectivity index (χ1) is 12.4. The molecule has 0 atom stereocenters. The number of rotatable bonds is 4. The van der Waals surface area contributed by atoms with E-state index < -0.39 is 0 Å². The predicted molar refractivity (Wildman–Crippen MR) is 99.8 cm³/mol. The van der Waals surface area contributed by atoms with E-state index in [4.69, 9.17) is 5.73 Å². The van der Waals surface area contributed by atoms with Crippen LogP contribution in [0.5, 0.6) is 0 Å². The molecule has 2 aromatic rings. The Balaban J connectivity index is 1.50. The molecular formula is C19H25N5O2. The summed E-state index contributed by atoms with van der Waals surface area (Å²) in [7, 11) is 1.78. The molecular weight excluding hydrogens is 330 g/mol. The van der Waals surface area contributed by atoms with Crippen LogP contribution in [-0.4, -0.2) is 46.1 Å². The number of likely N-dealkylation sites (tertiary alicyclic amines) is 1. The Morgan fingerprint density at radius 3 is 2.69 bits per heavy atom. The topological polar surface area (TPSA) is 93.2 Å². The highest BCUT2D eigenvalue weighted by molar-refractivity contribution is 5.96. The van der Waals surface area contributed by atoms with Gasteiger partial charge in [0, 0.05) is 44.1 Å². The van der Waals surface area contributed by atoms with Crippen LogP contribution < -0.4 is 11.1 Å². The summed E-state index contributed by atoms with van der Waals surface area (Å²) in [5.74, 6) is 0.307. The molecule has 0 spiro atoms. The van der Waals surface area contributed by atoms with Crippen LogP contribution in [0.2, 0.25) is 0 Å². The number of nitrogen functional groups attached to an aromatic ring is 1. The number of aryl methyl sites for hydroxylation is 2. The lowest BCUT2D eigenvalue weighted by molar-refractivity contribution is 0.0683. The number of anilines is 1. The minimum atomic E-state index is -0.105. The van der Waals surface area contributed by atoms with Gasteiger partial charge in [0.2, 0.25) is 0 Å². The summed E-state index contributed by atoms with van der Waals surface area (Å²) in [6.45, 7) is 3.93. The van der Waals surface area contributed by atoms with Crippen molar-refractivity contribution in [3.05, 3.63) is 47.3 Å². The molecule has 1 aliphatic rings. The van der Waals surface area contributed by atoms with Gasteiger partial charge in [-0.2, -0.15) is 5.10 Å². The molecule has 1 saturated heterocycles. The van der Waals surface area contributed by atoms with E-state index in [0.29, 0.717) is 42.4 Å². The smallest absolute Gasteiger partial charge is 0.254 e. The van der Waals surface area contributed by atoms with E-state index >= 15 is 0 Å². The summed E-state index contributed by atoms with van der Waals surface area (Å²) in [5.41, 5.74) is 8.60. The van der Waals surface area contributed by atoms with E-state index in [1.807, 2.05) is 24.0 Å². The quantitative estimate of drug-likeness (QED) is 0.815. The number of nitrogens with zero attached hydrogens (tertiary/aromatic N) is 3. The number of nitrogens with two attached hydrogens (primary N) is 1. The van der Waals surface area contributed by atoms with Gasteiger partial charge in [0.15, 0.2) is 0 Å². The lowest BCUT2D eigenvalue weighted by Crippen LogP contribution is -2.41. The number of nitrogens with one attached hydrogen (secondary N) is 1. The SMILES string of the molecule is Cc1ccc(N)cc1C(=O)N1CCC(CNC(=O)c2cnn(C)c2)CC1. The van der Waals surface area contributed by atoms with Crippen LogP contribution in [0, 0.1) is 12.8 Å². The van der Waals surface area contributed by atoms with Gasteiger partial charge in [0.05, 0.1) is 11.8 Å². The summed E-state index contributed by atoms with van der Waals surface area (Å²) in [5, 5.41) is 6.97. The molecule has 7 heteroatoms. The number of hydrogen-bond donors (Lipinski definition) is 2. The van der Waals surface area contributed by atoms with E-state index in [0.717, 1.165) is 18.4 Å². The maximum Gasteiger partial charge on any atom is 0.254 e. The monoisotopic (exact) mass is 355 g/mol. The van der Waals surface area contributed by atoms with Crippen LogP contribution in [0.1, 0.15) is 39.1 Å². The lowest BCUT2D eigenvalue weighted by atomic mass is 9.95. The van der Waals surface area contributed by atoms with Crippen LogP contribution in [0.15, 0.2) is 30.6 Å². The van der Waals surface area contributed by atoms with Gasteiger partial charge in [0.25, 0.3) is 11.8 Å². The Morgan fingerprint density at radius 2 is 2.04 bits per heavy atom. The van der Waals surface area contributed by atoms with Crippen molar-refractivity contribution < 1.29 is 9.59 Å². The molecule has 1 aliphatic heterocycles. The molecule has 1 aromatic heterocycles. The third kappa shape index (κ3) is 4.04. The van der Waals surface area contributed by atoms with Crippen LogP contribution in [0.25, 0.3) is 0 Å².